The molecule has 2 aromatic rings. The average molecular weight is 248 g/mol. The number of allylic oxidation sites excluding steroid dienone is 1. The van der Waals surface area contributed by atoms with Crippen molar-refractivity contribution >= 4 is 12.2 Å². The van der Waals surface area contributed by atoms with E-state index in [0.717, 1.165) is 0 Å². The molecule has 2 rings (SSSR count). The number of rotatable bonds is 3. The molecule has 0 saturated heterocycles. The normalized spacial score (nSPS) is 10.9. The SMILES string of the molecule is C=Cc1c(/C=C\C)ccc(C)c1-c1ccccc1C. The van der Waals surface area contributed by atoms with Gasteiger partial charge in [-0.3, -0.25) is 0 Å². The second-order valence-corrected chi connectivity index (χ2v) is 4.78. The van der Waals surface area contributed by atoms with Crippen LogP contribution in [0.15, 0.2) is 49.1 Å². The fraction of sp³-hybridized carbons (Fsp3) is 0.158. The van der Waals surface area contributed by atoms with Gasteiger partial charge in [-0.2, -0.15) is 0 Å². The number of aryl methyl sites for hydroxylation is 2. The van der Waals surface area contributed by atoms with Crippen LogP contribution in [0.4, 0.5) is 0 Å². The van der Waals surface area contributed by atoms with E-state index in [9.17, 15) is 0 Å². The Labute approximate surface area is 116 Å². The molecule has 0 heteroatoms. The van der Waals surface area contributed by atoms with Crippen molar-refractivity contribution in [2.75, 3.05) is 0 Å². The molecule has 0 N–H and O–H groups in total. The second-order valence-electron chi connectivity index (χ2n) is 4.78. The molecule has 19 heavy (non-hydrogen) atoms. The Morgan fingerprint density at radius 1 is 0.947 bits per heavy atom. The molecule has 0 heterocycles. The van der Waals surface area contributed by atoms with Crippen molar-refractivity contribution in [3.05, 3.63) is 71.3 Å². The van der Waals surface area contributed by atoms with E-state index in [1.54, 1.807) is 0 Å². The molecule has 0 atom stereocenters. The molecule has 0 aromatic heterocycles. The lowest BCUT2D eigenvalue weighted by molar-refractivity contribution is 1.39. The molecule has 0 radical (unpaired) electrons. The van der Waals surface area contributed by atoms with E-state index in [1.807, 2.05) is 13.0 Å². The van der Waals surface area contributed by atoms with Crippen molar-refractivity contribution in [3.8, 4) is 11.1 Å². The topological polar surface area (TPSA) is 0 Å². The van der Waals surface area contributed by atoms with Crippen molar-refractivity contribution in [1.29, 1.82) is 0 Å². The largest absolute Gasteiger partial charge is 0.0984 e. The van der Waals surface area contributed by atoms with Gasteiger partial charge in [0.1, 0.15) is 0 Å². The van der Waals surface area contributed by atoms with Crippen LogP contribution in [0.25, 0.3) is 23.3 Å². The van der Waals surface area contributed by atoms with Gasteiger partial charge < -0.3 is 0 Å². The highest BCUT2D eigenvalue weighted by Crippen LogP contribution is 2.33. The van der Waals surface area contributed by atoms with Crippen molar-refractivity contribution in [3.63, 3.8) is 0 Å². The fourth-order valence-electron chi connectivity index (χ4n) is 2.50. The van der Waals surface area contributed by atoms with Crippen molar-refractivity contribution in [1.82, 2.24) is 0 Å². The molecule has 0 saturated carbocycles. The van der Waals surface area contributed by atoms with Crippen LogP contribution in [0.5, 0.6) is 0 Å². The maximum absolute atomic E-state index is 4.00. The molecule has 0 unspecified atom stereocenters. The zero-order chi connectivity index (χ0) is 13.8. The summed E-state index contributed by atoms with van der Waals surface area (Å²) < 4.78 is 0. The first-order chi connectivity index (χ1) is 9.19. The van der Waals surface area contributed by atoms with Crippen LogP contribution in [-0.2, 0) is 0 Å². The van der Waals surface area contributed by atoms with E-state index >= 15 is 0 Å². The van der Waals surface area contributed by atoms with E-state index < -0.39 is 0 Å². The van der Waals surface area contributed by atoms with Gasteiger partial charge in [-0.1, -0.05) is 61.2 Å². The van der Waals surface area contributed by atoms with Crippen LogP contribution in [-0.4, -0.2) is 0 Å². The summed E-state index contributed by atoms with van der Waals surface area (Å²) in [4.78, 5) is 0. The fourth-order valence-corrected chi connectivity index (χ4v) is 2.50. The molecular formula is C19H20. The number of hydrogen-bond acceptors (Lipinski definition) is 0. The predicted molar refractivity (Wildman–Crippen MR) is 86.2 cm³/mol. The molecule has 0 nitrogen and oxygen atoms in total. The first-order valence-corrected chi connectivity index (χ1v) is 6.63. The van der Waals surface area contributed by atoms with E-state index in [4.69, 9.17) is 0 Å². The Morgan fingerprint density at radius 3 is 2.32 bits per heavy atom. The standard InChI is InChI=1S/C19H20/c1-5-9-16-13-12-15(4)19(17(16)6-2)18-11-8-7-10-14(18)3/h5-13H,2H2,1,3-4H3/b9-5-. The summed E-state index contributed by atoms with van der Waals surface area (Å²) >= 11 is 0. The lowest BCUT2D eigenvalue weighted by Crippen LogP contribution is -1.93. The van der Waals surface area contributed by atoms with Crippen molar-refractivity contribution < 1.29 is 0 Å². The third-order valence-electron chi connectivity index (χ3n) is 3.45. The molecule has 0 aliphatic heterocycles. The molecule has 0 bridgehead atoms. The smallest absolute Gasteiger partial charge is 0.00737 e. The van der Waals surface area contributed by atoms with E-state index in [0.29, 0.717) is 0 Å². The van der Waals surface area contributed by atoms with Crippen LogP contribution < -0.4 is 0 Å². The summed E-state index contributed by atoms with van der Waals surface area (Å²) in [5, 5.41) is 0. The van der Waals surface area contributed by atoms with E-state index in [-0.39, 0.29) is 0 Å². The van der Waals surface area contributed by atoms with Gasteiger partial charge >= 0.3 is 0 Å². The third-order valence-corrected chi connectivity index (χ3v) is 3.45. The minimum Gasteiger partial charge on any atom is -0.0984 e. The summed E-state index contributed by atoms with van der Waals surface area (Å²) in [5.74, 6) is 0. The Morgan fingerprint density at radius 2 is 1.68 bits per heavy atom. The third kappa shape index (κ3) is 2.53. The predicted octanol–water partition coefficient (Wildman–Crippen LogP) is 5.65. The van der Waals surface area contributed by atoms with Gasteiger partial charge in [0.05, 0.1) is 0 Å². The molecule has 0 aliphatic rings. The van der Waals surface area contributed by atoms with Gasteiger partial charge in [-0.25, -0.2) is 0 Å². The Balaban J connectivity index is 2.79. The zero-order valence-electron chi connectivity index (χ0n) is 11.9. The maximum atomic E-state index is 4.00. The van der Waals surface area contributed by atoms with Crippen LogP contribution in [0.2, 0.25) is 0 Å². The van der Waals surface area contributed by atoms with Gasteiger partial charge in [0, 0.05) is 0 Å². The number of benzene rings is 2. The van der Waals surface area contributed by atoms with Gasteiger partial charge in [0.2, 0.25) is 0 Å². The summed E-state index contributed by atoms with van der Waals surface area (Å²) in [5.41, 5.74) is 7.61. The molecule has 0 spiro atoms. The lowest BCUT2D eigenvalue weighted by atomic mass is 9.89. The Bertz CT molecular complexity index is 630. The van der Waals surface area contributed by atoms with Crippen LogP contribution >= 0.6 is 0 Å². The zero-order valence-corrected chi connectivity index (χ0v) is 11.9. The maximum Gasteiger partial charge on any atom is -0.00737 e. The molecule has 0 fully saturated rings. The van der Waals surface area contributed by atoms with E-state index in [1.165, 1.54) is 33.4 Å². The van der Waals surface area contributed by atoms with Crippen LogP contribution in [0.3, 0.4) is 0 Å². The van der Waals surface area contributed by atoms with Crippen LogP contribution in [0.1, 0.15) is 29.2 Å². The first-order valence-electron chi connectivity index (χ1n) is 6.63. The highest BCUT2D eigenvalue weighted by molar-refractivity contribution is 5.84. The number of hydrogen-bond donors (Lipinski definition) is 0. The summed E-state index contributed by atoms with van der Waals surface area (Å²) in [6.07, 6.45) is 6.17. The quantitative estimate of drug-likeness (QED) is 0.658. The molecule has 96 valence electrons. The summed E-state index contributed by atoms with van der Waals surface area (Å²) in [6.45, 7) is 10.4. The highest BCUT2D eigenvalue weighted by atomic mass is 14.1. The molecule has 0 aliphatic carbocycles. The van der Waals surface area contributed by atoms with Gasteiger partial charge in [-0.05, 0) is 54.2 Å². The van der Waals surface area contributed by atoms with Crippen molar-refractivity contribution in [2.24, 2.45) is 0 Å². The van der Waals surface area contributed by atoms with E-state index in [2.05, 4.69) is 69.0 Å². The molecular weight excluding hydrogens is 228 g/mol. The van der Waals surface area contributed by atoms with Gasteiger partial charge in [0.15, 0.2) is 0 Å². The van der Waals surface area contributed by atoms with Crippen molar-refractivity contribution in [2.45, 2.75) is 20.8 Å². The second kappa shape index (κ2) is 5.71. The minimum atomic E-state index is 1.22. The van der Waals surface area contributed by atoms with Gasteiger partial charge in [0.25, 0.3) is 0 Å². The Hall–Kier alpha value is -2.08. The Kier molecular flexibility index (Phi) is 4.01. The lowest BCUT2D eigenvalue weighted by Gasteiger charge is -2.15. The molecule has 2 aromatic carbocycles. The summed E-state index contributed by atoms with van der Waals surface area (Å²) in [7, 11) is 0. The first kappa shape index (κ1) is 13.4. The highest BCUT2D eigenvalue weighted by Gasteiger charge is 2.11. The minimum absolute atomic E-state index is 1.22. The molecule has 0 amide bonds. The average Bonchev–Trinajstić information content (AvgIpc) is 2.41. The van der Waals surface area contributed by atoms with Crippen LogP contribution in [0, 0.1) is 13.8 Å². The summed E-state index contributed by atoms with van der Waals surface area (Å²) in [6, 6.07) is 12.9. The van der Waals surface area contributed by atoms with Gasteiger partial charge in [-0.15, -0.1) is 0 Å². The monoisotopic (exact) mass is 248 g/mol.